The van der Waals surface area contributed by atoms with Crippen LogP contribution < -0.4 is 16.6 Å². The van der Waals surface area contributed by atoms with Gasteiger partial charge < -0.3 is 11.2 Å². The lowest BCUT2D eigenvalue weighted by molar-refractivity contribution is -0.114. The van der Waals surface area contributed by atoms with Crippen molar-refractivity contribution >= 4 is 5.91 Å². The molecule has 5 heteroatoms. The molecule has 0 aliphatic carbocycles. The maximum atomic E-state index is 10.7. The van der Waals surface area contributed by atoms with Gasteiger partial charge in [-0.1, -0.05) is 0 Å². The Balaban J connectivity index is 2.98. The van der Waals surface area contributed by atoms with Gasteiger partial charge in [0.25, 0.3) is 0 Å². The van der Waals surface area contributed by atoms with Crippen LogP contribution in [0.5, 0.6) is 0 Å². The molecule has 0 saturated heterocycles. The summed E-state index contributed by atoms with van der Waals surface area (Å²) in [6, 6.07) is 1.93. The summed E-state index contributed by atoms with van der Waals surface area (Å²) in [7, 11) is 0. The van der Waals surface area contributed by atoms with Gasteiger partial charge in [0.15, 0.2) is 5.54 Å². The molecule has 1 amide bonds. The summed E-state index contributed by atoms with van der Waals surface area (Å²) in [5.41, 5.74) is 9.44. The Morgan fingerprint density at radius 3 is 2.91 bits per heavy atom. The third kappa shape index (κ3) is 1.04. The van der Waals surface area contributed by atoms with Gasteiger partial charge in [-0.25, -0.2) is 5.43 Å². The van der Waals surface area contributed by atoms with Gasteiger partial charge in [-0.05, 0) is 6.92 Å². The van der Waals surface area contributed by atoms with Crippen LogP contribution in [0.25, 0.3) is 0 Å². The number of amides is 1. The molecule has 5 nitrogen and oxygen atoms in total. The molecule has 0 aromatic heterocycles. The van der Waals surface area contributed by atoms with Crippen LogP contribution >= 0.6 is 0 Å². The summed E-state index contributed by atoms with van der Waals surface area (Å²) in [5.74, 6) is -0.591. The number of hydrogen-bond acceptors (Lipinski definition) is 4. The maximum Gasteiger partial charge on any atom is 0.249 e. The second-order valence-electron chi connectivity index (χ2n) is 2.43. The molecule has 1 rings (SSSR count). The van der Waals surface area contributed by atoms with Gasteiger partial charge in [0.1, 0.15) is 0 Å². The van der Waals surface area contributed by atoms with Crippen LogP contribution in [0, 0.1) is 11.3 Å². The van der Waals surface area contributed by atoms with E-state index in [9.17, 15) is 4.79 Å². The number of rotatable bonds is 1. The molecule has 0 saturated carbocycles. The molecule has 0 fully saturated rings. The van der Waals surface area contributed by atoms with E-state index in [1.54, 1.807) is 6.92 Å². The zero-order chi connectivity index (χ0) is 8.48. The Kier molecular flexibility index (Phi) is 1.55. The number of hydrazine groups is 1. The molecular weight excluding hydrogens is 144 g/mol. The average molecular weight is 152 g/mol. The second kappa shape index (κ2) is 2.25. The lowest BCUT2D eigenvalue weighted by Gasteiger charge is -2.15. The predicted molar refractivity (Wildman–Crippen MR) is 37.6 cm³/mol. The zero-order valence-electron chi connectivity index (χ0n) is 6.01. The molecule has 0 aromatic rings. The van der Waals surface area contributed by atoms with Crippen LogP contribution in [0.15, 0.2) is 11.8 Å². The van der Waals surface area contributed by atoms with Gasteiger partial charge in [0, 0.05) is 6.20 Å². The van der Waals surface area contributed by atoms with Gasteiger partial charge in [-0.2, -0.15) is 5.26 Å². The Labute approximate surface area is 63.8 Å². The van der Waals surface area contributed by atoms with E-state index in [2.05, 4.69) is 10.9 Å². The summed E-state index contributed by atoms with van der Waals surface area (Å²) in [6.07, 6.45) is 1.39. The number of carbonyl (C=O) groups is 1. The predicted octanol–water partition coefficient (Wildman–Crippen LogP) is -1.25. The zero-order valence-corrected chi connectivity index (χ0v) is 6.01. The van der Waals surface area contributed by atoms with Crippen molar-refractivity contribution < 1.29 is 4.79 Å². The normalized spacial score (nSPS) is 28.5. The third-order valence-electron chi connectivity index (χ3n) is 1.57. The second-order valence-corrected chi connectivity index (χ2v) is 2.43. The van der Waals surface area contributed by atoms with E-state index in [0.29, 0.717) is 0 Å². The Morgan fingerprint density at radius 1 is 1.91 bits per heavy atom. The topological polar surface area (TPSA) is 90.9 Å². The van der Waals surface area contributed by atoms with Crippen LogP contribution in [0.1, 0.15) is 6.92 Å². The van der Waals surface area contributed by atoms with Gasteiger partial charge >= 0.3 is 0 Å². The highest BCUT2D eigenvalue weighted by molar-refractivity contribution is 5.95. The van der Waals surface area contributed by atoms with Crippen molar-refractivity contribution in [3.63, 3.8) is 0 Å². The van der Waals surface area contributed by atoms with Crippen molar-refractivity contribution in [1.82, 2.24) is 10.9 Å². The number of nitrogens with two attached hydrogens (primary N) is 1. The smallest absolute Gasteiger partial charge is 0.249 e. The standard InChI is InChI=1S/C6H8N4O/c1-6(3-7)4(5(8)11)2-9-10-6/h2,9-10H,1H3,(H2,8,11). The first kappa shape index (κ1) is 7.57. The van der Waals surface area contributed by atoms with Crippen molar-refractivity contribution in [2.75, 3.05) is 0 Å². The van der Waals surface area contributed by atoms with E-state index in [1.807, 2.05) is 6.07 Å². The number of carbonyl (C=O) groups excluding carboxylic acids is 1. The molecule has 11 heavy (non-hydrogen) atoms. The number of nitrogens with zero attached hydrogens (tertiary/aromatic N) is 1. The minimum absolute atomic E-state index is 0.250. The highest BCUT2D eigenvalue weighted by atomic mass is 16.1. The average Bonchev–Trinajstić information content (AvgIpc) is 2.32. The van der Waals surface area contributed by atoms with E-state index < -0.39 is 11.4 Å². The third-order valence-corrected chi connectivity index (χ3v) is 1.57. The number of nitriles is 1. The number of primary amides is 1. The van der Waals surface area contributed by atoms with Crippen LogP contribution in [0.3, 0.4) is 0 Å². The van der Waals surface area contributed by atoms with Crippen molar-refractivity contribution in [3.8, 4) is 6.07 Å². The van der Waals surface area contributed by atoms with Gasteiger partial charge in [0.05, 0.1) is 11.6 Å². The molecular formula is C6H8N4O. The molecule has 0 spiro atoms. The molecule has 1 aliphatic heterocycles. The van der Waals surface area contributed by atoms with Crippen LogP contribution in [-0.4, -0.2) is 11.4 Å². The monoisotopic (exact) mass is 152 g/mol. The van der Waals surface area contributed by atoms with Crippen LogP contribution in [0.2, 0.25) is 0 Å². The highest BCUT2D eigenvalue weighted by Gasteiger charge is 2.35. The van der Waals surface area contributed by atoms with E-state index in [1.165, 1.54) is 6.20 Å². The lowest BCUT2D eigenvalue weighted by Crippen LogP contribution is -2.45. The Hall–Kier alpha value is -1.54. The summed E-state index contributed by atoms with van der Waals surface area (Å²) >= 11 is 0. The highest BCUT2D eigenvalue weighted by Crippen LogP contribution is 2.17. The minimum Gasteiger partial charge on any atom is -0.366 e. The van der Waals surface area contributed by atoms with Crippen molar-refractivity contribution in [2.24, 2.45) is 5.73 Å². The maximum absolute atomic E-state index is 10.7. The molecule has 1 heterocycles. The summed E-state index contributed by atoms with van der Waals surface area (Å²) in [4.78, 5) is 10.7. The van der Waals surface area contributed by atoms with E-state index in [0.717, 1.165) is 0 Å². The van der Waals surface area contributed by atoms with Crippen LogP contribution in [-0.2, 0) is 4.79 Å². The van der Waals surface area contributed by atoms with Crippen molar-refractivity contribution in [1.29, 1.82) is 5.26 Å². The first-order valence-electron chi connectivity index (χ1n) is 3.04. The van der Waals surface area contributed by atoms with E-state index >= 15 is 0 Å². The first-order valence-corrected chi connectivity index (χ1v) is 3.04. The first-order chi connectivity index (χ1) is 5.10. The fraction of sp³-hybridized carbons (Fsp3) is 0.333. The van der Waals surface area contributed by atoms with Gasteiger partial charge in [-0.3, -0.25) is 4.79 Å². The van der Waals surface area contributed by atoms with E-state index in [4.69, 9.17) is 11.0 Å². The van der Waals surface area contributed by atoms with Crippen molar-refractivity contribution in [3.05, 3.63) is 11.8 Å². The van der Waals surface area contributed by atoms with Gasteiger partial charge in [-0.15, -0.1) is 0 Å². The van der Waals surface area contributed by atoms with E-state index in [-0.39, 0.29) is 5.57 Å². The lowest BCUT2D eigenvalue weighted by atomic mass is 9.96. The number of nitrogens with one attached hydrogen (secondary N) is 2. The quantitative estimate of drug-likeness (QED) is 0.437. The molecule has 0 radical (unpaired) electrons. The SMILES string of the molecule is CC1(C#N)NNC=C1C(N)=O. The molecule has 0 aromatic carbocycles. The Morgan fingerprint density at radius 2 is 2.55 bits per heavy atom. The largest absolute Gasteiger partial charge is 0.366 e. The summed E-state index contributed by atoms with van der Waals surface area (Å²) < 4.78 is 0. The molecule has 1 aliphatic rings. The minimum atomic E-state index is -0.994. The Bertz CT molecular complexity index is 264. The number of hydrogen-bond donors (Lipinski definition) is 3. The molecule has 1 atom stereocenters. The molecule has 58 valence electrons. The fourth-order valence-electron chi connectivity index (χ4n) is 0.870. The fourth-order valence-corrected chi connectivity index (χ4v) is 0.870. The van der Waals surface area contributed by atoms with Gasteiger partial charge in [0.2, 0.25) is 5.91 Å². The summed E-state index contributed by atoms with van der Waals surface area (Å²) in [5, 5.41) is 8.64. The van der Waals surface area contributed by atoms with Crippen molar-refractivity contribution in [2.45, 2.75) is 12.5 Å². The molecule has 1 unspecified atom stereocenters. The summed E-state index contributed by atoms with van der Waals surface area (Å²) in [6.45, 7) is 1.57. The molecule has 0 bridgehead atoms. The molecule has 4 N–H and O–H groups in total. The van der Waals surface area contributed by atoms with Crippen LogP contribution in [0.4, 0.5) is 0 Å².